The molecule has 2 amide bonds. The van der Waals surface area contributed by atoms with E-state index >= 15 is 0 Å². The number of hydrogen-bond donors (Lipinski definition) is 0. The Labute approximate surface area is 158 Å². The standard InChI is InChI=1S/C19H24N6O2/c26-17(7-11-25-15-20-21-22-25)24-13-9-19(14-24)8-12-23(18(19)27)10-6-16-4-2-1-3-5-16/h1-5,15H,6-14H2. The first-order chi connectivity index (χ1) is 13.2. The third kappa shape index (κ3) is 3.70. The summed E-state index contributed by atoms with van der Waals surface area (Å²) in [4.78, 5) is 29.3. The Morgan fingerprint density at radius 2 is 1.93 bits per heavy atom. The number of aromatic nitrogens is 4. The van der Waals surface area contributed by atoms with Crippen molar-refractivity contribution in [2.45, 2.75) is 32.2 Å². The summed E-state index contributed by atoms with van der Waals surface area (Å²) in [6.07, 6.45) is 4.34. The molecule has 8 nitrogen and oxygen atoms in total. The number of amides is 2. The number of carbonyl (C=O) groups excluding carboxylic acids is 2. The molecule has 1 aromatic heterocycles. The second-order valence-electron chi connectivity index (χ2n) is 7.45. The van der Waals surface area contributed by atoms with Crippen LogP contribution >= 0.6 is 0 Å². The van der Waals surface area contributed by atoms with Crippen LogP contribution in [0, 0.1) is 5.41 Å². The van der Waals surface area contributed by atoms with Crippen molar-refractivity contribution in [3.63, 3.8) is 0 Å². The van der Waals surface area contributed by atoms with E-state index in [4.69, 9.17) is 0 Å². The maximum absolute atomic E-state index is 13.0. The van der Waals surface area contributed by atoms with Gasteiger partial charge >= 0.3 is 0 Å². The van der Waals surface area contributed by atoms with E-state index in [9.17, 15) is 9.59 Å². The number of rotatable bonds is 6. The summed E-state index contributed by atoms with van der Waals surface area (Å²) < 4.78 is 1.55. The van der Waals surface area contributed by atoms with Gasteiger partial charge in [0, 0.05) is 32.6 Å². The zero-order chi connectivity index (χ0) is 18.7. The molecule has 3 heterocycles. The van der Waals surface area contributed by atoms with Gasteiger partial charge in [-0.3, -0.25) is 9.59 Å². The average Bonchev–Trinajstić information content (AvgIpc) is 3.43. The molecule has 2 fully saturated rings. The Morgan fingerprint density at radius 1 is 1.11 bits per heavy atom. The highest BCUT2D eigenvalue weighted by Crippen LogP contribution is 2.40. The Balaban J connectivity index is 1.30. The van der Waals surface area contributed by atoms with Gasteiger partial charge in [-0.2, -0.15) is 0 Å². The zero-order valence-corrected chi connectivity index (χ0v) is 15.3. The van der Waals surface area contributed by atoms with Crippen LogP contribution in [0.5, 0.6) is 0 Å². The number of nitrogens with zero attached hydrogens (tertiary/aromatic N) is 6. The van der Waals surface area contributed by atoms with Gasteiger partial charge in [-0.05, 0) is 35.3 Å². The zero-order valence-electron chi connectivity index (χ0n) is 15.3. The Hall–Kier alpha value is -2.77. The molecule has 0 N–H and O–H groups in total. The van der Waals surface area contributed by atoms with E-state index in [2.05, 4.69) is 27.7 Å². The third-order valence-electron chi connectivity index (χ3n) is 5.77. The molecular weight excluding hydrogens is 344 g/mol. The molecule has 4 rings (SSSR count). The lowest BCUT2D eigenvalue weighted by atomic mass is 9.85. The van der Waals surface area contributed by atoms with Crippen LogP contribution in [-0.4, -0.2) is 68.0 Å². The minimum Gasteiger partial charge on any atom is -0.342 e. The first-order valence-electron chi connectivity index (χ1n) is 9.48. The summed E-state index contributed by atoms with van der Waals surface area (Å²) >= 11 is 0. The molecule has 1 aromatic carbocycles. The molecule has 2 aliphatic heterocycles. The Kier molecular flexibility index (Phi) is 4.87. The van der Waals surface area contributed by atoms with E-state index in [0.29, 0.717) is 26.1 Å². The number of tetrazole rings is 1. The van der Waals surface area contributed by atoms with Crippen LogP contribution in [-0.2, 0) is 22.6 Å². The first kappa shape index (κ1) is 17.6. The Bertz CT molecular complexity index is 794. The predicted molar refractivity (Wildman–Crippen MR) is 97.4 cm³/mol. The summed E-state index contributed by atoms with van der Waals surface area (Å²) in [6, 6.07) is 10.2. The summed E-state index contributed by atoms with van der Waals surface area (Å²) in [6.45, 7) is 3.21. The molecular formula is C19H24N6O2. The fraction of sp³-hybridized carbons (Fsp3) is 0.526. The van der Waals surface area contributed by atoms with Crippen molar-refractivity contribution in [3.8, 4) is 0 Å². The first-order valence-corrected chi connectivity index (χ1v) is 9.48. The molecule has 2 saturated heterocycles. The molecule has 2 aliphatic rings. The van der Waals surface area contributed by atoms with Gasteiger partial charge in [-0.1, -0.05) is 30.3 Å². The third-order valence-corrected chi connectivity index (χ3v) is 5.77. The highest BCUT2D eigenvalue weighted by Gasteiger charge is 2.51. The van der Waals surface area contributed by atoms with Gasteiger partial charge in [-0.25, -0.2) is 4.68 Å². The SMILES string of the molecule is O=C(CCn1cnnn1)N1CCC2(CCN(CCc3ccccc3)C2=O)C1. The molecule has 2 aromatic rings. The lowest BCUT2D eigenvalue weighted by molar-refractivity contribution is -0.136. The summed E-state index contributed by atoms with van der Waals surface area (Å²) in [5.41, 5.74) is 0.873. The van der Waals surface area contributed by atoms with E-state index in [1.807, 2.05) is 28.0 Å². The minimum absolute atomic E-state index is 0.0675. The fourth-order valence-electron chi connectivity index (χ4n) is 4.13. The van der Waals surface area contributed by atoms with Gasteiger partial charge in [0.05, 0.1) is 12.0 Å². The molecule has 27 heavy (non-hydrogen) atoms. The lowest BCUT2D eigenvalue weighted by Crippen LogP contribution is -2.39. The largest absolute Gasteiger partial charge is 0.342 e. The second kappa shape index (κ2) is 7.46. The van der Waals surface area contributed by atoms with Crippen molar-refractivity contribution >= 4 is 11.8 Å². The molecule has 0 saturated carbocycles. The summed E-state index contributed by atoms with van der Waals surface area (Å²) in [5.74, 6) is 0.284. The van der Waals surface area contributed by atoms with Crippen molar-refractivity contribution in [1.82, 2.24) is 30.0 Å². The average molecular weight is 368 g/mol. The van der Waals surface area contributed by atoms with Crippen LogP contribution in [0.3, 0.4) is 0 Å². The number of hydrogen-bond acceptors (Lipinski definition) is 5. The van der Waals surface area contributed by atoms with Crippen molar-refractivity contribution < 1.29 is 9.59 Å². The van der Waals surface area contributed by atoms with Gasteiger partial charge in [0.1, 0.15) is 6.33 Å². The number of aryl methyl sites for hydroxylation is 1. The van der Waals surface area contributed by atoms with Crippen molar-refractivity contribution in [2.24, 2.45) is 5.41 Å². The van der Waals surface area contributed by atoms with Gasteiger partial charge in [0.15, 0.2) is 0 Å². The second-order valence-corrected chi connectivity index (χ2v) is 7.45. The lowest BCUT2D eigenvalue weighted by Gasteiger charge is -2.23. The van der Waals surface area contributed by atoms with Crippen LogP contribution < -0.4 is 0 Å². The maximum atomic E-state index is 13.0. The van der Waals surface area contributed by atoms with E-state index in [1.54, 1.807) is 4.68 Å². The topological polar surface area (TPSA) is 84.2 Å². The van der Waals surface area contributed by atoms with E-state index in [0.717, 1.165) is 32.4 Å². The van der Waals surface area contributed by atoms with Gasteiger partial charge in [0.2, 0.25) is 11.8 Å². The maximum Gasteiger partial charge on any atom is 0.230 e. The quantitative estimate of drug-likeness (QED) is 0.751. The Morgan fingerprint density at radius 3 is 2.70 bits per heavy atom. The summed E-state index contributed by atoms with van der Waals surface area (Å²) in [5, 5.41) is 10.9. The normalized spacial score (nSPS) is 22.1. The molecule has 1 unspecified atom stereocenters. The van der Waals surface area contributed by atoms with Gasteiger partial charge < -0.3 is 9.80 Å². The summed E-state index contributed by atoms with van der Waals surface area (Å²) in [7, 11) is 0. The highest BCUT2D eigenvalue weighted by molar-refractivity contribution is 5.87. The molecule has 8 heteroatoms. The van der Waals surface area contributed by atoms with Crippen LogP contribution in [0.2, 0.25) is 0 Å². The monoisotopic (exact) mass is 368 g/mol. The number of likely N-dealkylation sites (tertiary alicyclic amines) is 2. The highest BCUT2D eigenvalue weighted by atomic mass is 16.2. The van der Waals surface area contributed by atoms with Crippen molar-refractivity contribution in [3.05, 3.63) is 42.2 Å². The number of carbonyl (C=O) groups is 2. The molecule has 0 radical (unpaired) electrons. The van der Waals surface area contributed by atoms with E-state index in [-0.39, 0.29) is 17.2 Å². The molecule has 1 spiro atoms. The smallest absolute Gasteiger partial charge is 0.230 e. The van der Waals surface area contributed by atoms with Gasteiger partial charge in [-0.15, -0.1) is 5.10 Å². The van der Waals surface area contributed by atoms with Crippen LogP contribution in [0.15, 0.2) is 36.7 Å². The van der Waals surface area contributed by atoms with Crippen LogP contribution in [0.4, 0.5) is 0 Å². The predicted octanol–water partition coefficient (Wildman–Crippen LogP) is 0.757. The van der Waals surface area contributed by atoms with Crippen LogP contribution in [0.1, 0.15) is 24.8 Å². The van der Waals surface area contributed by atoms with Gasteiger partial charge in [0.25, 0.3) is 0 Å². The minimum atomic E-state index is -0.374. The van der Waals surface area contributed by atoms with Crippen molar-refractivity contribution in [2.75, 3.05) is 26.2 Å². The van der Waals surface area contributed by atoms with Crippen LogP contribution in [0.25, 0.3) is 0 Å². The molecule has 142 valence electrons. The fourth-order valence-corrected chi connectivity index (χ4v) is 4.13. The van der Waals surface area contributed by atoms with E-state index in [1.165, 1.54) is 11.9 Å². The van der Waals surface area contributed by atoms with Crippen molar-refractivity contribution in [1.29, 1.82) is 0 Å². The number of benzene rings is 1. The molecule has 1 atom stereocenters. The molecule has 0 aliphatic carbocycles. The molecule has 0 bridgehead atoms. The van der Waals surface area contributed by atoms with E-state index < -0.39 is 0 Å².